The van der Waals surface area contributed by atoms with Crippen LogP contribution in [-0.4, -0.2) is 49.9 Å². The van der Waals surface area contributed by atoms with E-state index in [4.69, 9.17) is 14.7 Å². The van der Waals surface area contributed by atoms with Gasteiger partial charge in [0.2, 0.25) is 0 Å². The van der Waals surface area contributed by atoms with Crippen molar-refractivity contribution in [3.05, 3.63) is 85.5 Å². The quantitative estimate of drug-likeness (QED) is 0.179. The summed E-state index contributed by atoms with van der Waals surface area (Å²) in [5.74, 6) is 2.04. The molecule has 2 aromatic carbocycles. The zero-order valence-electron chi connectivity index (χ0n) is 26.8. The van der Waals surface area contributed by atoms with Crippen molar-refractivity contribution in [3.63, 3.8) is 0 Å². The predicted octanol–water partition coefficient (Wildman–Crippen LogP) is 7.67. The molecule has 0 radical (unpaired) electrons. The van der Waals surface area contributed by atoms with Crippen molar-refractivity contribution in [1.82, 2.24) is 19.1 Å². The van der Waals surface area contributed by atoms with Crippen LogP contribution in [0, 0.1) is 10.8 Å². The Hall–Kier alpha value is -2.75. The van der Waals surface area contributed by atoms with Crippen LogP contribution in [0.4, 0.5) is 0 Å². The summed E-state index contributed by atoms with van der Waals surface area (Å²) in [5.41, 5.74) is 2.21. The Morgan fingerprint density at radius 1 is 0.585 bits per heavy atom. The number of benzene rings is 2. The summed E-state index contributed by atoms with van der Waals surface area (Å²) in [6.07, 6.45) is 8.28. The first-order valence-corrected chi connectivity index (χ1v) is 20.8. The second kappa shape index (κ2) is 11.9. The molecule has 0 saturated heterocycles. The first-order chi connectivity index (χ1) is 19.3. The average Bonchev–Trinajstić information content (AvgIpc) is 3.59. The molecular weight excluding hydrogens is 537 g/mol. The normalized spacial score (nSPS) is 15.7. The summed E-state index contributed by atoms with van der Waals surface area (Å²) in [6.45, 7) is 25.3. The molecule has 4 aromatic rings. The van der Waals surface area contributed by atoms with Crippen molar-refractivity contribution >= 4 is 17.6 Å². The molecule has 0 amide bonds. The van der Waals surface area contributed by atoms with Crippen LogP contribution in [-0.2, 0) is 15.1 Å². The Morgan fingerprint density at radius 3 is 1.22 bits per heavy atom. The minimum atomic E-state index is -1.37. The van der Waals surface area contributed by atoms with Crippen molar-refractivity contribution in [2.45, 2.75) is 78.1 Å². The molecule has 0 spiro atoms. The van der Waals surface area contributed by atoms with Gasteiger partial charge >= 0.3 is 0 Å². The third-order valence-electron chi connectivity index (χ3n) is 9.36. The molecule has 0 fully saturated rings. The van der Waals surface area contributed by atoms with Gasteiger partial charge in [-0.05, 0) is 10.8 Å². The number of imidazole rings is 2. The van der Waals surface area contributed by atoms with E-state index in [1.54, 1.807) is 0 Å². The molecule has 5 nitrogen and oxygen atoms in total. The second-order valence-corrected chi connectivity index (χ2v) is 20.7. The fraction of sp³-hybridized carbons (Fsp3) is 0.471. The molecule has 2 atom stereocenters. The zero-order chi connectivity index (χ0) is 30.1. The van der Waals surface area contributed by atoms with Gasteiger partial charge in [0, 0.05) is 35.9 Å². The lowest BCUT2D eigenvalue weighted by Crippen LogP contribution is -2.61. The lowest BCUT2D eigenvalue weighted by atomic mass is 9.84. The number of hydrogen-bond acceptors (Lipinski definition) is 3. The topological polar surface area (TPSA) is 44.9 Å². The average molecular weight is 587 g/mol. The molecule has 0 aliphatic heterocycles. The Labute approximate surface area is 251 Å². The van der Waals surface area contributed by atoms with E-state index in [1.807, 2.05) is 12.4 Å². The summed E-state index contributed by atoms with van der Waals surface area (Å²) in [7, 11) is -2.75. The number of nitrogens with zero attached hydrogens (tertiary/aromatic N) is 4. The maximum Gasteiger partial charge on any atom is 0.140 e. The highest BCUT2D eigenvalue weighted by molar-refractivity contribution is 6.59. The van der Waals surface area contributed by atoms with Crippen molar-refractivity contribution in [2.75, 3.05) is 13.2 Å². The van der Waals surface area contributed by atoms with Crippen LogP contribution in [0.15, 0.2) is 85.5 Å². The van der Waals surface area contributed by atoms with E-state index in [9.17, 15) is 0 Å². The third-order valence-corrected chi connectivity index (χ3v) is 15.8. The van der Waals surface area contributed by atoms with E-state index in [0.29, 0.717) is 13.2 Å². The van der Waals surface area contributed by atoms with Gasteiger partial charge in [-0.2, -0.15) is 0 Å². The summed E-state index contributed by atoms with van der Waals surface area (Å²) < 4.78 is 12.1. The van der Waals surface area contributed by atoms with Crippen molar-refractivity contribution < 1.29 is 4.74 Å². The lowest BCUT2D eigenvalue weighted by Gasteiger charge is -2.52. The second-order valence-electron chi connectivity index (χ2n) is 14.1. The van der Waals surface area contributed by atoms with E-state index >= 15 is 0 Å². The molecule has 2 aromatic heterocycles. The fourth-order valence-corrected chi connectivity index (χ4v) is 13.0. The number of rotatable bonds is 10. The van der Waals surface area contributed by atoms with Crippen LogP contribution in [0.3, 0.4) is 0 Å². The molecule has 41 heavy (non-hydrogen) atoms. The fourth-order valence-electron chi connectivity index (χ4n) is 7.13. The molecule has 0 aliphatic carbocycles. The Bertz CT molecular complexity index is 1290. The minimum Gasteiger partial charge on any atom is -0.377 e. The van der Waals surface area contributed by atoms with E-state index < -0.39 is 17.6 Å². The van der Waals surface area contributed by atoms with Crippen LogP contribution in [0.5, 0.6) is 0 Å². The van der Waals surface area contributed by atoms with Gasteiger partial charge < -0.3 is 13.9 Å². The van der Waals surface area contributed by atoms with E-state index in [1.165, 1.54) is 0 Å². The van der Waals surface area contributed by atoms with E-state index in [2.05, 4.69) is 150 Å². The smallest absolute Gasteiger partial charge is 0.140 e. The SMILES string of the molecule is C[SiH](C)C(COCC(n1ccnc1-c1ccccc1)([SiH](C)C)C(C)(C)C)(n1ccnc1-c1ccccc1)C(C)(C)C. The standard InChI is InChI=1S/C34H50N4OSi2/c1-31(2,3)33(40(7)8,37-23-21-35-29(37)27-17-13-11-14-18-27)25-39-26-34(41(9)10,32(4,5)6)38-24-22-36-30(38)28-19-15-12-16-20-28/h11-24,40-41H,25-26H2,1-10H3. The monoisotopic (exact) mass is 586 g/mol. The molecule has 0 saturated carbocycles. The van der Waals surface area contributed by atoms with Crippen LogP contribution in [0.25, 0.3) is 22.8 Å². The summed E-state index contributed by atoms with van der Waals surface area (Å²) in [5, 5.41) is -0.373. The number of ether oxygens (including phenoxy) is 1. The molecule has 0 aliphatic rings. The molecule has 4 rings (SSSR count). The number of hydrogen-bond donors (Lipinski definition) is 0. The Kier molecular flexibility index (Phi) is 9.02. The zero-order valence-corrected chi connectivity index (χ0v) is 29.2. The first kappa shape index (κ1) is 31.2. The first-order valence-electron chi connectivity index (χ1n) is 15.0. The van der Waals surface area contributed by atoms with Crippen LogP contribution < -0.4 is 0 Å². The molecule has 0 N–H and O–H groups in total. The molecule has 7 heteroatoms. The molecule has 0 bridgehead atoms. The predicted molar refractivity (Wildman–Crippen MR) is 179 cm³/mol. The minimum absolute atomic E-state index is 0.0402. The summed E-state index contributed by atoms with van der Waals surface area (Å²) in [4.78, 5) is 9.77. The van der Waals surface area contributed by atoms with Crippen LogP contribution in [0.2, 0.25) is 26.2 Å². The molecular formula is C34H50N4OSi2. The number of aromatic nitrogens is 4. The van der Waals surface area contributed by atoms with Crippen molar-refractivity contribution in [3.8, 4) is 22.8 Å². The lowest BCUT2D eigenvalue weighted by molar-refractivity contribution is -0.0152. The highest BCUT2D eigenvalue weighted by Gasteiger charge is 2.51. The molecule has 220 valence electrons. The van der Waals surface area contributed by atoms with Crippen LogP contribution >= 0.6 is 0 Å². The van der Waals surface area contributed by atoms with Crippen LogP contribution in [0.1, 0.15) is 41.5 Å². The largest absolute Gasteiger partial charge is 0.377 e. The maximum atomic E-state index is 7.14. The van der Waals surface area contributed by atoms with Gasteiger partial charge in [-0.3, -0.25) is 0 Å². The van der Waals surface area contributed by atoms with Gasteiger partial charge in [-0.15, -0.1) is 0 Å². The van der Waals surface area contributed by atoms with Gasteiger partial charge in [0.1, 0.15) is 11.6 Å². The van der Waals surface area contributed by atoms with Crippen molar-refractivity contribution in [1.29, 1.82) is 0 Å². The Balaban J connectivity index is 1.80. The van der Waals surface area contributed by atoms with Crippen molar-refractivity contribution in [2.24, 2.45) is 10.8 Å². The Morgan fingerprint density at radius 2 is 0.927 bits per heavy atom. The van der Waals surface area contributed by atoms with Gasteiger partial charge in [0.05, 0.1) is 41.1 Å². The summed E-state index contributed by atoms with van der Waals surface area (Å²) in [6, 6.07) is 21.2. The molecule has 2 heterocycles. The van der Waals surface area contributed by atoms with E-state index in [-0.39, 0.29) is 21.2 Å². The third kappa shape index (κ3) is 5.56. The van der Waals surface area contributed by atoms with E-state index in [0.717, 1.165) is 22.8 Å². The van der Waals surface area contributed by atoms with Gasteiger partial charge in [-0.1, -0.05) is 128 Å². The van der Waals surface area contributed by atoms with Gasteiger partial charge in [0.15, 0.2) is 0 Å². The van der Waals surface area contributed by atoms with Gasteiger partial charge in [0.25, 0.3) is 0 Å². The maximum absolute atomic E-state index is 7.14. The van der Waals surface area contributed by atoms with Gasteiger partial charge in [-0.25, -0.2) is 9.97 Å². The highest BCUT2D eigenvalue weighted by Crippen LogP contribution is 2.45. The highest BCUT2D eigenvalue weighted by atomic mass is 28.3. The summed E-state index contributed by atoms with van der Waals surface area (Å²) >= 11 is 0. The molecule has 2 unspecified atom stereocenters.